The standard InChI is InChI=1S/C13H27NO6Si/c1-8(15)14-10-12(20-21(4,5)6)11(18-3)9(7-17-2)19-13(10)16/h9-13,16H,7H2,1-6H3,(H,14,15)/t9-,10-,11+,12-,13+/m1/s1. The van der Waals surface area contributed by atoms with Gasteiger partial charge in [0.2, 0.25) is 5.91 Å². The van der Waals surface area contributed by atoms with Crippen LogP contribution in [-0.2, 0) is 23.4 Å². The van der Waals surface area contributed by atoms with Gasteiger partial charge in [-0.25, -0.2) is 0 Å². The van der Waals surface area contributed by atoms with Gasteiger partial charge in [0, 0.05) is 21.1 Å². The molecule has 1 rings (SSSR count). The highest BCUT2D eigenvalue weighted by Crippen LogP contribution is 2.27. The molecular weight excluding hydrogens is 294 g/mol. The van der Waals surface area contributed by atoms with Gasteiger partial charge in [0.15, 0.2) is 14.6 Å². The van der Waals surface area contributed by atoms with Gasteiger partial charge >= 0.3 is 0 Å². The molecule has 0 saturated carbocycles. The molecule has 0 spiro atoms. The van der Waals surface area contributed by atoms with Crippen LogP contribution in [0.15, 0.2) is 0 Å². The monoisotopic (exact) mass is 321 g/mol. The molecule has 1 aliphatic rings. The van der Waals surface area contributed by atoms with Gasteiger partial charge < -0.3 is 29.1 Å². The molecule has 124 valence electrons. The molecule has 8 heteroatoms. The Bertz CT molecular complexity index is 348. The van der Waals surface area contributed by atoms with Gasteiger partial charge in [0.05, 0.1) is 12.7 Å². The number of methoxy groups -OCH3 is 2. The van der Waals surface area contributed by atoms with E-state index in [4.69, 9.17) is 18.6 Å². The number of hydrogen-bond acceptors (Lipinski definition) is 6. The number of aliphatic hydroxyl groups is 1. The second-order valence-corrected chi connectivity index (χ2v) is 10.6. The van der Waals surface area contributed by atoms with Crippen molar-refractivity contribution in [1.82, 2.24) is 5.32 Å². The SMILES string of the molecule is COC[C@H]1O[C@H](O)[C@H](NC(C)=O)[C@@H](O[Si](C)(C)C)[C@H]1OC. The van der Waals surface area contributed by atoms with E-state index in [0.29, 0.717) is 0 Å². The molecule has 0 aromatic rings. The Morgan fingerprint density at radius 2 is 1.90 bits per heavy atom. The van der Waals surface area contributed by atoms with E-state index in [1.165, 1.54) is 6.92 Å². The summed E-state index contributed by atoms with van der Waals surface area (Å²) in [6.45, 7) is 7.78. The molecule has 0 unspecified atom stereocenters. The minimum atomic E-state index is -1.92. The van der Waals surface area contributed by atoms with Crippen LogP contribution in [0.4, 0.5) is 0 Å². The number of rotatable bonds is 6. The first-order chi connectivity index (χ1) is 9.69. The van der Waals surface area contributed by atoms with Crippen LogP contribution in [0.2, 0.25) is 19.6 Å². The molecule has 2 N–H and O–H groups in total. The summed E-state index contributed by atoms with van der Waals surface area (Å²) in [5.41, 5.74) is 0. The normalized spacial score (nSPS) is 33.8. The molecule has 5 atom stereocenters. The Balaban J connectivity index is 3.02. The predicted molar refractivity (Wildman–Crippen MR) is 79.4 cm³/mol. The van der Waals surface area contributed by atoms with Gasteiger partial charge in [0.25, 0.3) is 0 Å². The Morgan fingerprint density at radius 1 is 1.29 bits per heavy atom. The minimum absolute atomic E-state index is 0.258. The molecule has 7 nitrogen and oxygen atoms in total. The first kappa shape index (κ1) is 18.5. The van der Waals surface area contributed by atoms with Crippen LogP contribution in [0.3, 0.4) is 0 Å². The third kappa shape index (κ3) is 5.31. The molecule has 21 heavy (non-hydrogen) atoms. The number of nitrogens with one attached hydrogen (secondary N) is 1. The van der Waals surface area contributed by atoms with Crippen LogP contribution in [0.25, 0.3) is 0 Å². The van der Waals surface area contributed by atoms with Gasteiger partial charge in [-0.2, -0.15) is 0 Å². The lowest BCUT2D eigenvalue weighted by molar-refractivity contribution is -0.257. The van der Waals surface area contributed by atoms with Crippen molar-refractivity contribution in [1.29, 1.82) is 0 Å². The highest BCUT2D eigenvalue weighted by Gasteiger charge is 2.48. The highest BCUT2D eigenvalue weighted by molar-refractivity contribution is 6.69. The Hall–Kier alpha value is -0.513. The predicted octanol–water partition coefficient (Wildman–Crippen LogP) is 0.0898. The van der Waals surface area contributed by atoms with Gasteiger partial charge in [-0.3, -0.25) is 4.79 Å². The zero-order chi connectivity index (χ0) is 16.2. The van der Waals surface area contributed by atoms with Gasteiger partial charge in [-0.05, 0) is 19.6 Å². The highest BCUT2D eigenvalue weighted by atomic mass is 28.4. The quantitative estimate of drug-likeness (QED) is 0.674. The van der Waals surface area contributed by atoms with Crippen molar-refractivity contribution in [2.75, 3.05) is 20.8 Å². The molecule has 1 heterocycles. The summed E-state index contributed by atoms with van der Waals surface area (Å²) in [5, 5.41) is 12.9. The van der Waals surface area contributed by atoms with Crippen molar-refractivity contribution in [3.8, 4) is 0 Å². The summed E-state index contributed by atoms with van der Waals surface area (Å²) in [7, 11) is 1.19. The van der Waals surface area contributed by atoms with Crippen molar-refractivity contribution in [2.24, 2.45) is 0 Å². The van der Waals surface area contributed by atoms with E-state index in [-0.39, 0.29) is 12.5 Å². The maximum atomic E-state index is 11.4. The van der Waals surface area contributed by atoms with E-state index in [1.807, 2.05) is 19.6 Å². The summed E-state index contributed by atoms with van der Waals surface area (Å²) < 4.78 is 22.3. The maximum absolute atomic E-state index is 11.4. The van der Waals surface area contributed by atoms with E-state index in [2.05, 4.69) is 5.32 Å². The summed E-state index contributed by atoms with van der Waals surface area (Å²) in [4.78, 5) is 11.4. The fraction of sp³-hybridized carbons (Fsp3) is 0.923. The van der Waals surface area contributed by atoms with Crippen molar-refractivity contribution >= 4 is 14.2 Å². The molecule has 0 aromatic carbocycles. The molecule has 0 aromatic heterocycles. The van der Waals surface area contributed by atoms with Crippen LogP contribution >= 0.6 is 0 Å². The fourth-order valence-corrected chi connectivity index (χ4v) is 3.54. The zero-order valence-corrected chi connectivity index (χ0v) is 14.6. The largest absolute Gasteiger partial charge is 0.410 e. The third-order valence-electron chi connectivity index (χ3n) is 3.13. The van der Waals surface area contributed by atoms with Crippen molar-refractivity contribution < 1.29 is 28.5 Å². The van der Waals surface area contributed by atoms with E-state index in [0.717, 1.165) is 0 Å². The lowest BCUT2D eigenvalue weighted by atomic mass is 9.97. The van der Waals surface area contributed by atoms with Crippen LogP contribution in [0.1, 0.15) is 6.92 Å². The molecule has 1 fully saturated rings. The van der Waals surface area contributed by atoms with Gasteiger partial charge in [0.1, 0.15) is 18.2 Å². The molecule has 0 bridgehead atoms. The van der Waals surface area contributed by atoms with E-state index in [1.54, 1.807) is 14.2 Å². The smallest absolute Gasteiger partial charge is 0.217 e. The second-order valence-electron chi connectivity index (χ2n) is 6.14. The Labute approximate surface area is 127 Å². The third-order valence-corrected chi connectivity index (χ3v) is 4.11. The van der Waals surface area contributed by atoms with Crippen LogP contribution in [0, 0.1) is 0 Å². The number of carbonyl (C=O) groups is 1. The van der Waals surface area contributed by atoms with Crippen LogP contribution in [-0.4, -0.2) is 70.8 Å². The van der Waals surface area contributed by atoms with Gasteiger partial charge in [-0.1, -0.05) is 0 Å². The molecule has 0 radical (unpaired) electrons. The van der Waals surface area contributed by atoms with E-state index < -0.39 is 39.0 Å². The summed E-state index contributed by atoms with van der Waals surface area (Å²) in [6.07, 6.45) is -2.55. The minimum Gasteiger partial charge on any atom is -0.410 e. The van der Waals surface area contributed by atoms with Crippen LogP contribution < -0.4 is 5.32 Å². The number of carbonyl (C=O) groups excluding carboxylic acids is 1. The van der Waals surface area contributed by atoms with Crippen molar-refractivity contribution in [2.45, 2.75) is 57.2 Å². The molecule has 1 aliphatic heterocycles. The summed E-state index contributed by atoms with van der Waals surface area (Å²) >= 11 is 0. The summed E-state index contributed by atoms with van der Waals surface area (Å²) in [5.74, 6) is -0.258. The first-order valence-corrected chi connectivity index (χ1v) is 10.4. The van der Waals surface area contributed by atoms with Gasteiger partial charge in [-0.15, -0.1) is 0 Å². The fourth-order valence-electron chi connectivity index (χ4n) is 2.44. The number of aliphatic hydroxyl groups excluding tert-OH is 1. The zero-order valence-electron chi connectivity index (χ0n) is 13.6. The first-order valence-electron chi connectivity index (χ1n) is 6.99. The van der Waals surface area contributed by atoms with Crippen molar-refractivity contribution in [3.05, 3.63) is 0 Å². The molecule has 0 aliphatic carbocycles. The lowest BCUT2D eigenvalue weighted by Gasteiger charge is -2.46. The number of ether oxygens (including phenoxy) is 3. The van der Waals surface area contributed by atoms with Crippen LogP contribution in [0.5, 0.6) is 0 Å². The average Bonchev–Trinajstić information content (AvgIpc) is 2.32. The summed E-state index contributed by atoms with van der Waals surface area (Å²) in [6, 6.07) is -0.674. The maximum Gasteiger partial charge on any atom is 0.217 e. The molecular formula is C13H27NO6Si. The lowest BCUT2D eigenvalue weighted by Crippen LogP contribution is -2.66. The average molecular weight is 321 g/mol. The Kier molecular flexibility index (Phi) is 6.76. The molecule has 1 saturated heterocycles. The second kappa shape index (κ2) is 7.66. The number of amides is 1. The molecule has 1 amide bonds. The topological polar surface area (TPSA) is 86.2 Å². The van der Waals surface area contributed by atoms with Crippen molar-refractivity contribution in [3.63, 3.8) is 0 Å². The van der Waals surface area contributed by atoms with E-state index >= 15 is 0 Å². The van der Waals surface area contributed by atoms with E-state index in [9.17, 15) is 9.90 Å². The number of hydrogen-bond donors (Lipinski definition) is 2. The Morgan fingerprint density at radius 3 is 2.33 bits per heavy atom.